The molecule has 110 valence electrons. The average molecular weight is 264 g/mol. The van der Waals surface area contributed by atoms with Crippen molar-refractivity contribution >= 4 is 0 Å². The van der Waals surface area contributed by atoms with Gasteiger partial charge in [-0.05, 0) is 95.3 Å². The zero-order valence-corrected chi connectivity index (χ0v) is 12.7. The molecule has 0 bridgehead atoms. The normalized spacial score (nSPS) is 29.7. The number of hydrogen-bond donors (Lipinski definition) is 1. The van der Waals surface area contributed by atoms with E-state index in [0.29, 0.717) is 0 Å². The van der Waals surface area contributed by atoms with Crippen LogP contribution in [0.5, 0.6) is 0 Å². The van der Waals surface area contributed by atoms with E-state index in [1.165, 1.54) is 77.5 Å². The van der Waals surface area contributed by atoms with Gasteiger partial charge in [-0.3, -0.25) is 0 Å². The van der Waals surface area contributed by atoms with Gasteiger partial charge < -0.3 is 10.2 Å². The average Bonchev–Trinajstić information content (AvgIpc) is 3.28. The van der Waals surface area contributed by atoms with E-state index in [-0.39, 0.29) is 0 Å². The highest BCUT2D eigenvalue weighted by Gasteiger charge is 2.41. The molecule has 0 amide bonds. The predicted octanol–water partition coefficient (Wildman–Crippen LogP) is 3.28. The summed E-state index contributed by atoms with van der Waals surface area (Å²) in [5.74, 6) is 3.24. The molecule has 0 aromatic carbocycles. The van der Waals surface area contributed by atoms with Crippen molar-refractivity contribution in [2.24, 2.45) is 17.8 Å². The number of nitrogens with zero attached hydrogens (tertiary/aromatic N) is 1. The maximum absolute atomic E-state index is 3.94. The summed E-state index contributed by atoms with van der Waals surface area (Å²) in [6, 6.07) is 0.807. The second kappa shape index (κ2) is 6.58. The van der Waals surface area contributed by atoms with Crippen LogP contribution in [0.3, 0.4) is 0 Å². The third kappa shape index (κ3) is 4.19. The molecule has 2 aliphatic carbocycles. The first-order valence-corrected chi connectivity index (χ1v) is 8.82. The zero-order chi connectivity index (χ0) is 13.1. The number of rotatable bonds is 7. The fourth-order valence-electron chi connectivity index (χ4n) is 3.97. The van der Waals surface area contributed by atoms with Crippen LogP contribution in [0.15, 0.2) is 0 Å². The van der Waals surface area contributed by atoms with Crippen LogP contribution in [0.1, 0.15) is 58.3 Å². The summed E-state index contributed by atoms with van der Waals surface area (Å²) < 4.78 is 0. The van der Waals surface area contributed by atoms with Crippen LogP contribution in [0.2, 0.25) is 0 Å². The summed E-state index contributed by atoms with van der Waals surface area (Å²) in [6.07, 6.45) is 11.6. The lowest BCUT2D eigenvalue weighted by atomic mass is 9.97. The van der Waals surface area contributed by atoms with Crippen molar-refractivity contribution in [3.63, 3.8) is 0 Å². The number of nitrogens with one attached hydrogen (secondary N) is 1. The summed E-state index contributed by atoms with van der Waals surface area (Å²) in [5, 5.41) is 3.94. The van der Waals surface area contributed by atoms with Gasteiger partial charge in [0.25, 0.3) is 0 Å². The van der Waals surface area contributed by atoms with Gasteiger partial charge in [-0.1, -0.05) is 6.92 Å². The molecule has 3 fully saturated rings. The van der Waals surface area contributed by atoms with Crippen LogP contribution in [0.4, 0.5) is 0 Å². The lowest BCUT2D eigenvalue weighted by Gasteiger charge is -2.22. The Bertz CT molecular complexity index is 258. The first kappa shape index (κ1) is 13.9. The Morgan fingerprint density at radius 3 is 2.37 bits per heavy atom. The smallest absolute Gasteiger partial charge is 0.00798 e. The van der Waals surface area contributed by atoms with E-state index < -0.39 is 0 Å². The van der Waals surface area contributed by atoms with E-state index in [9.17, 15) is 0 Å². The monoisotopic (exact) mass is 264 g/mol. The van der Waals surface area contributed by atoms with Crippen LogP contribution < -0.4 is 5.32 Å². The highest BCUT2D eigenvalue weighted by molar-refractivity contribution is 4.93. The van der Waals surface area contributed by atoms with Crippen LogP contribution in [0.25, 0.3) is 0 Å². The molecule has 1 atom stereocenters. The van der Waals surface area contributed by atoms with Crippen molar-refractivity contribution in [3.8, 4) is 0 Å². The first-order valence-electron chi connectivity index (χ1n) is 8.82. The number of hydrogen-bond acceptors (Lipinski definition) is 2. The Morgan fingerprint density at radius 1 is 1.00 bits per heavy atom. The third-order valence-corrected chi connectivity index (χ3v) is 5.46. The Balaban J connectivity index is 1.39. The van der Waals surface area contributed by atoms with Gasteiger partial charge in [-0.25, -0.2) is 0 Å². The molecule has 3 rings (SSSR count). The highest BCUT2D eigenvalue weighted by atomic mass is 15.1. The van der Waals surface area contributed by atoms with Crippen LogP contribution in [0, 0.1) is 17.8 Å². The molecule has 1 aliphatic heterocycles. The van der Waals surface area contributed by atoms with Crippen LogP contribution >= 0.6 is 0 Å². The fourth-order valence-corrected chi connectivity index (χ4v) is 3.97. The molecule has 0 spiro atoms. The first-order chi connectivity index (χ1) is 9.36. The lowest BCUT2D eigenvalue weighted by molar-refractivity contribution is 0.280. The molecule has 0 aromatic heterocycles. The van der Waals surface area contributed by atoms with Gasteiger partial charge in [-0.2, -0.15) is 0 Å². The van der Waals surface area contributed by atoms with Crippen molar-refractivity contribution in [1.29, 1.82) is 0 Å². The molecule has 1 N–H and O–H groups in total. The van der Waals surface area contributed by atoms with E-state index in [0.717, 1.165) is 23.8 Å². The van der Waals surface area contributed by atoms with E-state index in [1.54, 1.807) is 0 Å². The summed E-state index contributed by atoms with van der Waals surface area (Å²) in [7, 11) is 0. The van der Waals surface area contributed by atoms with Gasteiger partial charge in [0.05, 0.1) is 0 Å². The van der Waals surface area contributed by atoms with Gasteiger partial charge >= 0.3 is 0 Å². The summed E-state index contributed by atoms with van der Waals surface area (Å²) in [6.45, 7) is 7.59. The summed E-state index contributed by atoms with van der Waals surface area (Å²) in [5.41, 5.74) is 0. The van der Waals surface area contributed by atoms with Gasteiger partial charge in [0.2, 0.25) is 0 Å². The molecule has 3 aliphatic rings. The standard InChI is InChI=1S/C17H32N2/c1-2-10-19-11-3-4-16(9-12-19)18-13-17(14-5-6-14)15-7-8-15/h14-18H,2-13H2,1H3. The van der Waals surface area contributed by atoms with Gasteiger partial charge in [-0.15, -0.1) is 0 Å². The van der Waals surface area contributed by atoms with Crippen molar-refractivity contribution < 1.29 is 0 Å². The fraction of sp³-hybridized carbons (Fsp3) is 1.00. The van der Waals surface area contributed by atoms with Crippen molar-refractivity contribution in [2.45, 2.75) is 64.3 Å². The van der Waals surface area contributed by atoms with Crippen molar-refractivity contribution in [1.82, 2.24) is 10.2 Å². The second-order valence-electron chi connectivity index (χ2n) is 7.22. The molecule has 0 aromatic rings. The van der Waals surface area contributed by atoms with E-state index in [4.69, 9.17) is 0 Å². The molecule has 1 unspecified atom stereocenters. The largest absolute Gasteiger partial charge is 0.314 e. The Hall–Kier alpha value is -0.0800. The van der Waals surface area contributed by atoms with Crippen LogP contribution in [-0.4, -0.2) is 37.1 Å². The molecular weight excluding hydrogens is 232 g/mol. The maximum atomic E-state index is 3.94. The molecule has 0 radical (unpaired) electrons. The van der Waals surface area contributed by atoms with Gasteiger partial charge in [0, 0.05) is 6.04 Å². The Labute approximate surface area is 119 Å². The Kier molecular flexibility index (Phi) is 4.81. The van der Waals surface area contributed by atoms with E-state index in [2.05, 4.69) is 17.1 Å². The highest BCUT2D eigenvalue weighted by Crippen LogP contribution is 2.48. The minimum absolute atomic E-state index is 0.807. The summed E-state index contributed by atoms with van der Waals surface area (Å²) in [4.78, 5) is 2.67. The molecule has 2 nitrogen and oxygen atoms in total. The lowest BCUT2D eigenvalue weighted by Crippen LogP contribution is -2.35. The molecule has 1 saturated heterocycles. The summed E-state index contributed by atoms with van der Waals surface area (Å²) >= 11 is 0. The zero-order valence-electron chi connectivity index (χ0n) is 12.7. The predicted molar refractivity (Wildman–Crippen MR) is 81.3 cm³/mol. The molecule has 2 heteroatoms. The quantitative estimate of drug-likeness (QED) is 0.759. The Morgan fingerprint density at radius 2 is 1.74 bits per heavy atom. The molecular formula is C17H32N2. The molecule has 2 saturated carbocycles. The van der Waals surface area contributed by atoms with E-state index >= 15 is 0 Å². The third-order valence-electron chi connectivity index (χ3n) is 5.46. The molecule has 19 heavy (non-hydrogen) atoms. The second-order valence-corrected chi connectivity index (χ2v) is 7.22. The minimum Gasteiger partial charge on any atom is -0.314 e. The number of likely N-dealkylation sites (tertiary alicyclic amines) is 1. The molecule has 1 heterocycles. The topological polar surface area (TPSA) is 15.3 Å². The SMILES string of the molecule is CCCN1CCCC(NCC(C2CC2)C2CC2)CC1. The minimum atomic E-state index is 0.807. The van der Waals surface area contributed by atoms with Crippen LogP contribution in [-0.2, 0) is 0 Å². The van der Waals surface area contributed by atoms with Crippen molar-refractivity contribution in [2.75, 3.05) is 26.2 Å². The maximum Gasteiger partial charge on any atom is 0.00798 e. The van der Waals surface area contributed by atoms with Gasteiger partial charge in [0.1, 0.15) is 0 Å². The van der Waals surface area contributed by atoms with Crippen molar-refractivity contribution in [3.05, 3.63) is 0 Å². The van der Waals surface area contributed by atoms with E-state index in [1.807, 2.05) is 0 Å². The van der Waals surface area contributed by atoms with Gasteiger partial charge in [0.15, 0.2) is 0 Å².